The van der Waals surface area contributed by atoms with E-state index in [1.165, 1.54) is 5.56 Å². The van der Waals surface area contributed by atoms with Gasteiger partial charge in [-0.15, -0.1) is 0 Å². The third-order valence-electron chi connectivity index (χ3n) is 5.79. The molecular formula is C27H29ClN2O3. The first-order chi connectivity index (χ1) is 16.1. The Morgan fingerprint density at radius 3 is 2.36 bits per heavy atom. The Hall–Kier alpha value is -3.02. The minimum Gasteiger partial charge on any atom is -0.494 e. The fourth-order valence-electron chi connectivity index (χ4n) is 4.04. The van der Waals surface area contributed by atoms with Crippen molar-refractivity contribution in [3.05, 3.63) is 88.9 Å². The molecule has 172 valence electrons. The predicted octanol–water partition coefficient (Wildman–Crippen LogP) is 5.04. The second-order valence-corrected chi connectivity index (χ2v) is 8.52. The lowest BCUT2D eigenvalue weighted by molar-refractivity contribution is -0.134. The van der Waals surface area contributed by atoms with E-state index in [1.54, 1.807) is 24.3 Å². The van der Waals surface area contributed by atoms with Crippen LogP contribution in [0.1, 0.15) is 18.1 Å². The first-order valence-electron chi connectivity index (χ1n) is 11.3. The number of hydrogen-bond donors (Lipinski definition) is 1. The van der Waals surface area contributed by atoms with Crippen LogP contribution < -0.4 is 19.7 Å². The first-order valence-corrected chi connectivity index (χ1v) is 11.7. The second-order valence-electron chi connectivity index (χ2n) is 8.09. The van der Waals surface area contributed by atoms with E-state index in [1.807, 2.05) is 55.1 Å². The zero-order valence-corrected chi connectivity index (χ0v) is 19.7. The van der Waals surface area contributed by atoms with Crippen LogP contribution in [0.5, 0.6) is 11.5 Å². The van der Waals surface area contributed by atoms with E-state index >= 15 is 0 Å². The molecule has 3 aromatic rings. The third kappa shape index (κ3) is 5.49. The molecule has 2 atom stereocenters. The SMILES string of the molecule is CCOc1ccc(CCNC[C@H]2[C@H](Oc3ccc(Cl)cc3)C(=O)N2c2ccccc2C)cc1. The Balaban J connectivity index is 1.40. The average Bonchev–Trinajstić information content (AvgIpc) is 2.83. The number of anilines is 1. The van der Waals surface area contributed by atoms with Crippen LogP contribution in [-0.2, 0) is 11.2 Å². The highest BCUT2D eigenvalue weighted by molar-refractivity contribution is 6.30. The van der Waals surface area contributed by atoms with Crippen molar-refractivity contribution in [2.75, 3.05) is 24.6 Å². The Morgan fingerprint density at radius 2 is 1.67 bits per heavy atom. The summed E-state index contributed by atoms with van der Waals surface area (Å²) in [5.41, 5.74) is 3.23. The molecule has 1 aliphatic rings. The van der Waals surface area contributed by atoms with Crippen molar-refractivity contribution in [1.29, 1.82) is 0 Å². The molecule has 0 bridgehead atoms. The van der Waals surface area contributed by atoms with Gasteiger partial charge in [-0.3, -0.25) is 4.79 Å². The summed E-state index contributed by atoms with van der Waals surface area (Å²) in [6, 6.07) is 23.1. The summed E-state index contributed by atoms with van der Waals surface area (Å²) in [7, 11) is 0. The van der Waals surface area contributed by atoms with Crippen molar-refractivity contribution in [1.82, 2.24) is 5.32 Å². The number of nitrogens with one attached hydrogen (secondary N) is 1. The van der Waals surface area contributed by atoms with Gasteiger partial charge in [-0.25, -0.2) is 0 Å². The van der Waals surface area contributed by atoms with Gasteiger partial charge < -0.3 is 19.7 Å². The lowest BCUT2D eigenvalue weighted by Gasteiger charge is -2.47. The second kappa shape index (κ2) is 10.7. The van der Waals surface area contributed by atoms with Crippen molar-refractivity contribution in [3.63, 3.8) is 0 Å². The molecule has 0 aromatic heterocycles. The molecule has 5 nitrogen and oxygen atoms in total. The maximum atomic E-state index is 13.1. The van der Waals surface area contributed by atoms with E-state index in [4.69, 9.17) is 21.1 Å². The Morgan fingerprint density at radius 1 is 0.970 bits per heavy atom. The van der Waals surface area contributed by atoms with E-state index in [0.717, 1.165) is 30.0 Å². The van der Waals surface area contributed by atoms with Gasteiger partial charge in [0.1, 0.15) is 11.5 Å². The summed E-state index contributed by atoms with van der Waals surface area (Å²) in [4.78, 5) is 14.9. The molecule has 6 heteroatoms. The Bertz CT molecular complexity index is 1070. The minimum absolute atomic E-state index is 0.0300. The number of carbonyl (C=O) groups excluding carboxylic acids is 1. The van der Waals surface area contributed by atoms with Crippen LogP contribution in [0.4, 0.5) is 5.69 Å². The summed E-state index contributed by atoms with van der Waals surface area (Å²) in [6.07, 6.45) is 0.351. The highest BCUT2D eigenvalue weighted by atomic mass is 35.5. The van der Waals surface area contributed by atoms with Crippen molar-refractivity contribution >= 4 is 23.2 Å². The minimum atomic E-state index is -0.538. The number of hydrogen-bond acceptors (Lipinski definition) is 4. The van der Waals surface area contributed by atoms with Gasteiger partial charge >= 0.3 is 0 Å². The lowest BCUT2D eigenvalue weighted by Crippen LogP contribution is -2.70. The smallest absolute Gasteiger partial charge is 0.270 e. The summed E-state index contributed by atoms with van der Waals surface area (Å²) in [5.74, 6) is 1.50. The van der Waals surface area contributed by atoms with Gasteiger partial charge in [0.2, 0.25) is 0 Å². The number of benzene rings is 3. The van der Waals surface area contributed by atoms with Crippen LogP contribution in [0.3, 0.4) is 0 Å². The summed E-state index contributed by atoms with van der Waals surface area (Å²) in [5, 5.41) is 4.15. The topological polar surface area (TPSA) is 50.8 Å². The fourth-order valence-corrected chi connectivity index (χ4v) is 4.16. The molecular weight excluding hydrogens is 436 g/mol. The molecule has 1 aliphatic heterocycles. The lowest BCUT2D eigenvalue weighted by atomic mass is 9.95. The average molecular weight is 465 g/mol. The molecule has 3 aromatic carbocycles. The zero-order chi connectivity index (χ0) is 23.2. The summed E-state index contributed by atoms with van der Waals surface area (Å²) >= 11 is 5.99. The molecule has 1 fully saturated rings. The molecule has 0 radical (unpaired) electrons. The van der Waals surface area contributed by atoms with E-state index in [-0.39, 0.29) is 11.9 Å². The van der Waals surface area contributed by atoms with Crippen molar-refractivity contribution < 1.29 is 14.3 Å². The quantitative estimate of drug-likeness (QED) is 0.337. The molecule has 1 saturated heterocycles. The van der Waals surface area contributed by atoms with Crippen LogP contribution in [0.2, 0.25) is 5.02 Å². The van der Waals surface area contributed by atoms with E-state index in [0.29, 0.717) is 23.9 Å². The number of nitrogens with zero attached hydrogens (tertiary/aromatic N) is 1. The predicted molar refractivity (Wildman–Crippen MR) is 133 cm³/mol. The summed E-state index contributed by atoms with van der Waals surface area (Å²) < 4.78 is 11.6. The monoisotopic (exact) mass is 464 g/mol. The van der Waals surface area contributed by atoms with Crippen molar-refractivity contribution in [2.45, 2.75) is 32.4 Å². The number of amides is 1. The van der Waals surface area contributed by atoms with E-state index < -0.39 is 6.10 Å². The standard InChI is InChI=1S/C27H29ClN2O3/c1-3-32-22-12-8-20(9-13-22)16-17-29-18-25-26(33-23-14-10-21(28)11-15-23)27(31)30(25)24-7-5-4-6-19(24)2/h4-15,25-26,29H,3,16-18H2,1-2H3/t25-,26-/m0/s1. The molecule has 4 rings (SSSR count). The number of aryl methyl sites for hydroxylation is 1. The highest BCUT2D eigenvalue weighted by Crippen LogP contribution is 2.33. The van der Waals surface area contributed by atoms with E-state index in [2.05, 4.69) is 17.4 Å². The first kappa shape index (κ1) is 23.1. The molecule has 1 heterocycles. The van der Waals surface area contributed by atoms with Gasteiger partial charge in [0.05, 0.1) is 12.6 Å². The maximum Gasteiger partial charge on any atom is 0.270 e. The van der Waals surface area contributed by atoms with Crippen LogP contribution >= 0.6 is 11.6 Å². The number of β-lactam (4-membered cyclic amide) rings is 1. The van der Waals surface area contributed by atoms with Crippen LogP contribution in [0.15, 0.2) is 72.8 Å². The van der Waals surface area contributed by atoms with Gasteiger partial charge in [-0.1, -0.05) is 41.9 Å². The molecule has 0 spiro atoms. The van der Waals surface area contributed by atoms with Gasteiger partial charge in [0.25, 0.3) is 5.91 Å². The number of halogens is 1. The van der Waals surface area contributed by atoms with E-state index in [9.17, 15) is 4.79 Å². The largest absolute Gasteiger partial charge is 0.494 e. The van der Waals surface area contributed by atoms with Crippen LogP contribution in [0.25, 0.3) is 0 Å². The zero-order valence-electron chi connectivity index (χ0n) is 19.0. The fraction of sp³-hybridized carbons (Fsp3) is 0.296. The maximum absolute atomic E-state index is 13.1. The molecule has 1 N–H and O–H groups in total. The van der Waals surface area contributed by atoms with Crippen LogP contribution in [-0.4, -0.2) is 37.7 Å². The highest BCUT2D eigenvalue weighted by Gasteiger charge is 2.50. The molecule has 1 amide bonds. The number of para-hydroxylation sites is 1. The number of carbonyl (C=O) groups is 1. The van der Waals surface area contributed by atoms with Gasteiger partial charge in [-0.2, -0.15) is 0 Å². The summed E-state index contributed by atoms with van der Waals surface area (Å²) in [6.45, 7) is 6.10. The van der Waals surface area contributed by atoms with Crippen LogP contribution in [0, 0.1) is 6.92 Å². The molecule has 0 aliphatic carbocycles. The van der Waals surface area contributed by atoms with Crippen molar-refractivity contribution in [3.8, 4) is 11.5 Å². The molecule has 0 saturated carbocycles. The normalized spacial score (nSPS) is 17.5. The Labute approximate surface area is 200 Å². The molecule has 33 heavy (non-hydrogen) atoms. The Kier molecular flexibility index (Phi) is 7.53. The van der Waals surface area contributed by atoms with Gasteiger partial charge in [-0.05, 0) is 80.4 Å². The number of rotatable bonds is 10. The van der Waals surface area contributed by atoms with Gasteiger partial charge in [0.15, 0.2) is 6.10 Å². The number of ether oxygens (including phenoxy) is 2. The van der Waals surface area contributed by atoms with Gasteiger partial charge in [0, 0.05) is 17.3 Å². The molecule has 0 unspecified atom stereocenters. The third-order valence-corrected chi connectivity index (χ3v) is 6.04. The van der Waals surface area contributed by atoms with Crippen molar-refractivity contribution in [2.24, 2.45) is 0 Å².